The molecule has 128 valence electrons. The van der Waals surface area contributed by atoms with Crippen molar-refractivity contribution >= 4 is 11.9 Å². The maximum Gasteiger partial charge on any atom is 0.317 e. The van der Waals surface area contributed by atoms with Crippen LogP contribution in [0.1, 0.15) is 50.7 Å². The number of carbonyl (C=O) groups is 2. The van der Waals surface area contributed by atoms with Crippen LogP contribution in [0.5, 0.6) is 0 Å². The van der Waals surface area contributed by atoms with Crippen molar-refractivity contribution in [1.82, 2.24) is 25.7 Å². The van der Waals surface area contributed by atoms with Gasteiger partial charge in [-0.2, -0.15) is 4.98 Å². The van der Waals surface area contributed by atoms with E-state index in [1.54, 1.807) is 11.8 Å². The first-order chi connectivity index (χ1) is 11.0. The predicted octanol–water partition coefficient (Wildman–Crippen LogP) is 1.18. The van der Waals surface area contributed by atoms with Crippen molar-refractivity contribution < 1.29 is 14.1 Å². The molecule has 0 bridgehead atoms. The molecule has 0 radical (unpaired) electrons. The van der Waals surface area contributed by atoms with Crippen LogP contribution in [0.3, 0.4) is 0 Å². The number of amides is 3. The maximum atomic E-state index is 12.1. The van der Waals surface area contributed by atoms with E-state index in [9.17, 15) is 9.59 Å². The average Bonchev–Trinajstić information content (AvgIpc) is 2.93. The number of nitrogens with one attached hydrogen (secondary N) is 2. The van der Waals surface area contributed by atoms with E-state index in [0.717, 1.165) is 12.8 Å². The van der Waals surface area contributed by atoms with E-state index in [2.05, 4.69) is 20.8 Å². The lowest BCUT2D eigenvalue weighted by molar-refractivity contribution is -0.121. The fraction of sp³-hybridized carbons (Fsp3) is 0.733. The van der Waals surface area contributed by atoms with Crippen molar-refractivity contribution in [2.24, 2.45) is 0 Å². The third-order valence-corrected chi connectivity index (χ3v) is 3.75. The van der Waals surface area contributed by atoms with Crippen molar-refractivity contribution in [2.45, 2.75) is 52.0 Å². The summed E-state index contributed by atoms with van der Waals surface area (Å²) < 4.78 is 5.20. The third kappa shape index (κ3) is 5.22. The number of hydrogen-bond donors (Lipinski definition) is 2. The number of piperidine rings is 1. The van der Waals surface area contributed by atoms with Crippen LogP contribution in [0.2, 0.25) is 0 Å². The minimum Gasteiger partial charge on any atom is -0.354 e. The number of hydrogen-bond acceptors (Lipinski definition) is 5. The zero-order valence-corrected chi connectivity index (χ0v) is 14.0. The molecule has 3 amide bonds. The summed E-state index contributed by atoms with van der Waals surface area (Å²) in [5, 5.41) is 9.39. The summed E-state index contributed by atoms with van der Waals surface area (Å²) in [7, 11) is 0. The molecule has 0 spiro atoms. The number of likely N-dealkylation sites (tertiary alicyclic amines) is 1. The highest BCUT2D eigenvalue weighted by molar-refractivity contribution is 5.78. The zero-order valence-electron chi connectivity index (χ0n) is 14.0. The lowest BCUT2D eigenvalue weighted by atomic mass is 9.97. The molecule has 2 N–H and O–H groups in total. The smallest absolute Gasteiger partial charge is 0.317 e. The van der Waals surface area contributed by atoms with Crippen molar-refractivity contribution in [1.29, 1.82) is 0 Å². The van der Waals surface area contributed by atoms with Gasteiger partial charge in [-0.15, -0.1) is 0 Å². The van der Waals surface area contributed by atoms with Gasteiger partial charge in [0.2, 0.25) is 11.8 Å². The summed E-state index contributed by atoms with van der Waals surface area (Å²) >= 11 is 0. The monoisotopic (exact) mass is 323 g/mol. The molecule has 2 rings (SSSR count). The van der Waals surface area contributed by atoms with Gasteiger partial charge in [-0.05, 0) is 33.6 Å². The Morgan fingerprint density at radius 2 is 2.04 bits per heavy atom. The number of nitrogens with zero attached hydrogens (tertiary/aromatic N) is 3. The first kappa shape index (κ1) is 17.2. The van der Waals surface area contributed by atoms with Gasteiger partial charge in [0, 0.05) is 38.0 Å². The molecule has 1 aromatic rings. The molecule has 1 aliphatic heterocycles. The minimum atomic E-state index is -0.123. The molecule has 0 saturated carbocycles. The molecule has 1 fully saturated rings. The molecule has 1 saturated heterocycles. The minimum absolute atomic E-state index is 0.0502. The molecule has 1 aromatic heterocycles. The van der Waals surface area contributed by atoms with Crippen LogP contribution in [-0.4, -0.2) is 52.7 Å². The summed E-state index contributed by atoms with van der Waals surface area (Å²) in [6.45, 7) is 7.26. The fourth-order valence-corrected chi connectivity index (χ4v) is 2.60. The van der Waals surface area contributed by atoms with Gasteiger partial charge in [-0.25, -0.2) is 4.79 Å². The van der Waals surface area contributed by atoms with E-state index in [1.807, 2.05) is 13.8 Å². The van der Waals surface area contributed by atoms with E-state index in [4.69, 9.17) is 4.52 Å². The van der Waals surface area contributed by atoms with Gasteiger partial charge in [-0.3, -0.25) is 4.79 Å². The standard InChI is InChI=1S/C15H25N5O3/c1-10(2)17-13(21)4-7-16-15(22)20-8-5-12(6-9-20)14-18-11(3)19-23-14/h10,12H,4-9H2,1-3H3,(H,16,22)(H,17,21). The van der Waals surface area contributed by atoms with Gasteiger partial charge < -0.3 is 20.1 Å². The van der Waals surface area contributed by atoms with E-state index in [-0.39, 0.29) is 23.9 Å². The number of urea groups is 1. The summed E-state index contributed by atoms with van der Waals surface area (Å²) in [4.78, 5) is 29.6. The Labute approximate surface area is 136 Å². The molecule has 8 heteroatoms. The van der Waals surface area contributed by atoms with E-state index in [1.165, 1.54) is 0 Å². The van der Waals surface area contributed by atoms with Gasteiger partial charge >= 0.3 is 6.03 Å². The van der Waals surface area contributed by atoms with Gasteiger partial charge in [0.05, 0.1) is 0 Å². The molecule has 2 heterocycles. The maximum absolute atomic E-state index is 12.1. The number of aromatic nitrogens is 2. The molecule has 8 nitrogen and oxygen atoms in total. The quantitative estimate of drug-likeness (QED) is 0.847. The topological polar surface area (TPSA) is 100 Å². The van der Waals surface area contributed by atoms with Crippen LogP contribution in [-0.2, 0) is 4.79 Å². The zero-order chi connectivity index (χ0) is 16.8. The summed E-state index contributed by atoms with van der Waals surface area (Å²) in [6, 6.07) is -0.00641. The van der Waals surface area contributed by atoms with Crippen LogP contribution in [0.15, 0.2) is 4.52 Å². The van der Waals surface area contributed by atoms with Gasteiger partial charge in [0.1, 0.15) is 0 Å². The lowest BCUT2D eigenvalue weighted by Gasteiger charge is -2.30. The van der Waals surface area contributed by atoms with Crippen molar-refractivity contribution in [3.05, 3.63) is 11.7 Å². The first-order valence-electron chi connectivity index (χ1n) is 8.08. The van der Waals surface area contributed by atoms with Crippen molar-refractivity contribution in [2.75, 3.05) is 19.6 Å². The van der Waals surface area contributed by atoms with Crippen LogP contribution in [0.4, 0.5) is 4.79 Å². The molecule has 0 unspecified atom stereocenters. The van der Waals surface area contributed by atoms with Crippen LogP contribution in [0.25, 0.3) is 0 Å². The normalized spacial score (nSPS) is 15.7. The molecule has 0 atom stereocenters. The third-order valence-electron chi connectivity index (χ3n) is 3.75. The largest absolute Gasteiger partial charge is 0.354 e. The summed E-state index contributed by atoms with van der Waals surface area (Å²) in [6.07, 6.45) is 1.91. The molecule has 1 aliphatic rings. The molecule has 23 heavy (non-hydrogen) atoms. The number of aryl methyl sites for hydroxylation is 1. The van der Waals surface area contributed by atoms with Gasteiger partial charge in [0.25, 0.3) is 0 Å². The number of rotatable bonds is 5. The van der Waals surface area contributed by atoms with E-state index >= 15 is 0 Å². The second kappa shape index (κ2) is 7.94. The highest BCUT2D eigenvalue weighted by Crippen LogP contribution is 2.26. The summed E-state index contributed by atoms with van der Waals surface area (Å²) in [5.41, 5.74) is 0. The van der Waals surface area contributed by atoms with Crippen LogP contribution >= 0.6 is 0 Å². The summed E-state index contributed by atoms with van der Waals surface area (Å²) in [5.74, 6) is 1.47. The molecule has 0 aliphatic carbocycles. The Balaban J connectivity index is 1.68. The lowest BCUT2D eigenvalue weighted by Crippen LogP contribution is -2.45. The predicted molar refractivity (Wildman–Crippen MR) is 83.9 cm³/mol. The fourth-order valence-electron chi connectivity index (χ4n) is 2.60. The van der Waals surface area contributed by atoms with Crippen LogP contribution in [0, 0.1) is 6.92 Å². The molecular formula is C15H25N5O3. The Morgan fingerprint density at radius 3 is 2.61 bits per heavy atom. The van der Waals surface area contributed by atoms with E-state index in [0.29, 0.717) is 37.8 Å². The molecular weight excluding hydrogens is 298 g/mol. The second-order valence-electron chi connectivity index (χ2n) is 6.15. The SMILES string of the molecule is Cc1noc(C2CCN(C(=O)NCCC(=O)NC(C)C)CC2)n1. The Kier molecular flexibility index (Phi) is 5.95. The Bertz CT molecular complexity index is 535. The van der Waals surface area contributed by atoms with E-state index < -0.39 is 0 Å². The van der Waals surface area contributed by atoms with Gasteiger partial charge in [-0.1, -0.05) is 5.16 Å². The van der Waals surface area contributed by atoms with Crippen LogP contribution < -0.4 is 10.6 Å². The molecule has 0 aromatic carbocycles. The van der Waals surface area contributed by atoms with Crippen molar-refractivity contribution in [3.63, 3.8) is 0 Å². The number of carbonyl (C=O) groups excluding carboxylic acids is 2. The first-order valence-corrected chi connectivity index (χ1v) is 8.08. The highest BCUT2D eigenvalue weighted by Gasteiger charge is 2.27. The second-order valence-corrected chi connectivity index (χ2v) is 6.15. The highest BCUT2D eigenvalue weighted by atomic mass is 16.5. The van der Waals surface area contributed by atoms with Crippen molar-refractivity contribution in [3.8, 4) is 0 Å². The Morgan fingerprint density at radius 1 is 1.35 bits per heavy atom. The Hall–Kier alpha value is -2.12. The van der Waals surface area contributed by atoms with Gasteiger partial charge in [0.15, 0.2) is 5.82 Å². The average molecular weight is 323 g/mol.